The molecule has 3 rings (SSSR count). The number of nitrogens with zero attached hydrogens (tertiary/aromatic N) is 1. The molecule has 1 aliphatic heterocycles. The standard InChI is InChI=1S/C16H15N3O5/c1-22-10-5-9(6-11(7-10)23-2)16(21)18-13-4-3-12-15(17-13)19-14(20)8-24-12/h3-7H,8H2,1-2H3,(H2,17,18,19,20,21). The average molecular weight is 329 g/mol. The maximum absolute atomic E-state index is 12.4. The van der Waals surface area contributed by atoms with Crippen LogP contribution in [0.1, 0.15) is 10.4 Å². The van der Waals surface area contributed by atoms with E-state index in [1.54, 1.807) is 30.3 Å². The fourth-order valence-corrected chi connectivity index (χ4v) is 2.16. The molecule has 2 amide bonds. The molecule has 1 aromatic carbocycles. The van der Waals surface area contributed by atoms with Gasteiger partial charge in [-0.05, 0) is 24.3 Å². The summed E-state index contributed by atoms with van der Waals surface area (Å²) in [7, 11) is 3.01. The van der Waals surface area contributed by atoms with Gasteiger partial charge in [-0.15, -0.1) is 0 Å². The van der Waals surface area contributed by atoms with Crippen LogP contribution in [-0.4, -0.2) is 37.6 Å². The highest BCUT2D eigenvalue weighted by atomic mass is 16.5. The second-order valence-electron chi connectivity index (χ2n) is 4.94. The quantitative estimate of drug-likeness (QED) is 0.885. The molecule has 2 heterocycles. The van der Waals surface area contributed by atoms with E-state index in [0.29, 0.717) is 22.8 Å². The van der Waals surface area contributed by atoms with E-state index in [4.69, 9.17) is 14.2 Å². The smallest absolute Gasteiger partial charge is 0.263 e. The molecule has 2 N–H and O–H groups in total. The summed E-state index contributed by atoms with van der Waals surface area (Å²) in [6.07, 6.45) is 0. The Balaban J connectivity index is 1.82. The minimum Gasteiger partial charge on any atom is -0.497 e. The van der Waals surface area contributed by atoms with Crippen molar-refractivity contribution in [2.24, 2.45) is 0 Å². The Morgan fingerprint density at radius 2 is 1.92 bits per heavy atom. The Morgan fingerprint density at radius 1 is 1.21 bits per heavy atom. The van der Waals surface area contributed by atoms with Crippen molar-refractivity contribution in [3.8, 4) is 17.2 Å². The molecule has 2 aromatic rings. The van der Waals surface area contributed by atoms with Crippen LogP contribution in [0, 0.1) is 0 Å². The molecule has 0 saturated carbocycles. The fraction of sp³-hybridized carbons (Fsp3) is 0.188. The summed E-state index contributed by atoms with van der Waals surface area (Å²) in [5, 5.41) is 5.24. The van der Waals surface area contributed by atoms with Gasteiger partial charge in [0, 0.05) is 11.6 Å². The topological polar surface area (TPSA) is 98.8 Å². The van der Waals surface area contributed by atoms with Crippen molar-refractivity contribution in [3.05, 3.63) is 35.9 Å². The number of carbonyl (C=O) groups is 2. The second-order valence-corrected chi connectivity index (χ2v) is 4.94. The molecule has 1 aliphatic rings. The number of pyridine rings is 1. The summed E-state index contributed by atoms with van der Waals surface area (Å²) in [5.74, 6) is 1.32. The molecule has 0 spiro atoms. The molecule has 0 radical (unpaired) electrons. The Morgan fingerprint density at radius 3 is 2.58 bits per heavy atom. The van der Waals surface area contributed by atoms with Crippen molar-refractivity contribution in [2.45, 2.75) is 0 Å². The third-order valence-electron chi connectivity index (χ3n) is 3.33. The lowest BCUT2D eigenvalue weighted by Gasteiger charge is -2.17. The number of anilines is 2. The molecule has 8 nitrogen and oxygen atoms in total. The van der Waals surface area contributed by atoms with E-state index in [2.05, 4.69) is 15.6 Å². The summed E-state index contributed by atoms with van der Waals surface area (Å²) in [6, 6.07) is 8.05. The van der Waals surface area contributed by atoms with Crippen LogP contribution in [-0.2, 0) is 4.79 Å². The highest BCUT2D eigenvalue weighted by Crippen LogP contribution is 2.27. The lowest BCUT2D eigenvalue weighted by atomic mass is 10.2. The summed E-state index contributed by atoms with van der Waals surface area (Å²) in [6.45, 7) is -0.0516. The largest absolute Gasteiger partial charge is 0.497 e. The molecule has 8 heteroatoms. The van der Waals surface area contributed by atoms with Gasteiger partial charge in [0.2, 0.25) is 0 Å². The number of nitrogens with one attached hydrogen (secondary N) is 2. The molecule has 0 aliphatic carbocycles. The number of rotatable bonds is 4. The molecule has 0 atom stereocenters. The molecule has 124 valence electrons. The normalized spacial score (nSPS) is 12.5. The highest BCUT2D eigenvalue weighted by molar-refractivity contribution is 6.04. The first-order valence-electron chi connectivity index (χ1n) is 7.07. The molecule has 0 saturated heterocycles. The maximum Gasteiger partial charge on any atom is 0.263 e. The van der Waals surface area contributed by atoms with E-state index < -0.39 is 0 Å². The van der Waals surface area contributed by atoms with Crippen LogP contribution in [0.3, 0.4) is 0 Å². The SMILES string of the molecule is COc1cc(OC)cc(C(=O)Nc2ccc3c(n2)NC(=O)CO3)c1. The molecule has 0 fully saturated rings. The zero-order chi connectivity index (χ0) is 17.1. The molecular formula is C16H15N3O5. The van der Waals surface area contributed by atoms with E-state index in [1.165, 1.54) is 14.2 Å². The van der Waals surface area contributed by atoms with Crippen LogP contribution in [0.2, 0.25) is 0 Å². The van der Waals surface area contributed by atoms with E-state index in [9.17, 15) is 9.59 Å². The van der Waals surface area contributed by atoms with E-state index in [1.807, 2.05) is 0 Å². The van der Waals surface area contributed by atoms with Crippen molar-refractivity contribution >= 4 is 23.5 Å². The number of amides is 2. The van der Waals surface area contributed by atoms with Gasteiger partial charge < -0.3 is 24.8 Å². The Labute approximate surface area is 137 Å². The van der Waals surface area contributed by atoms with Crippen molar-refractivity contribution in [1.82, 2.24) is 4.98 Å². The van der Waals surface area contributed by atoms with Gasteiger partial charge in [-0.1, -0.05) is 0 Å². The molecule has 0 unspecified atom stereocenters. The number of ether oxygens (including phenoxy) is 3. The lowest BCUT2D eigenvalue weighted by Crippen LogP contribution is -2.26. The predicted octanol–water partition coefficient (Wildman–Crippen LogP) is 1.68. The molecular weight excluding hydrogens is 314 g/mol. The van der Waals surface area contributed by atoms with Crippen molar-refractivity contribution in [1.29, 1.82) is 0 Å². The van der Waals surface area contributed by atoms with Crippen molar-refractivity contribution in [3.63, 3.8) is 0 Å². The third-order valence-corrected chi connectivity index (χ3v) is 3.33. The summed E-state index contributed by atoms with van der Waals surface area (Å²) in [5.41, 5.74) is 0.353. The zero-order valence-corrected chi connectivity index (χ0v) is 13.1. The van der Waals surface area contributed by atoms with Crippen molar-refractivity contribution in [2.75, 3.05) is 31.5 Å². The Kier molecular flexibility index (Phi) is 4.19. The van der Waals surface area contributed by atoms with E-state index in [-0.39, 0.29) is 30.1 Å². The number of methoxy groups -OCH3 is 2. The number of carbonyl (C=O) groups excluding carboxylic acids is 2. The number of hydrogen-bond donors (Lipinski definition) is 2. The van der Waals surface area contributed by atoms with Gasteiger partial charge in [0.1, 0.15) is 17.3 Å². The van der Waals surface area contributed by atoms with Gasteiger partial charge >= 0.3 is 0 Å². The van der Waals surface area contributed by atoms with Crippen molar-refractivity contribution < 1.29 is 23.8 Å². The number of benzene rings is 1. The van der Waals surface area contributed by atoms with Gasteiger partial charge in [-0.2, -0.15) is 0 Å². The number of hydrogen-bond acceptors (Lipinski definition) is 6. The second kappa shape index (κ2) is 6.45. The lowest BCUT2D eigenvalue weighted by molar-refractivity contribution is -0.118. The summed E-state index contributed by atoms with van der Waals surface area (Å²) in [4.78, 5) is 27.9. The highest BCUT2D eigenvalue weighted by Gasteiger charge is 2.18. The van der Waals surface area contributed by atoms with Crippen LogP contribution < -0.4 is 24.8 Å². The minimum absolute atomic E-state index is 0.0516. The van der Waals surface area contributed by atoms with Crippen LogP contribution in [0.4, 0.5) is 11.6 Å². The van der Waals surface area contributed by atoms with Gasteiger partial charge in [-0.25, -0.2) is 4.98 Å². The predicted molar refractivity (Wildman–Crippen MR) is 85.9 cm³/mol. The van der Waals surface area contributed by atoms with E-state index in [0.717, 1.165) is 0 Å². The first-order chi connectivity index (χ1) is 11.6. The zero-order valence-electron chi connectivity index (χ0n) is 13.1. The third kappa shape index (κ3) is 3.22. The molecule has 1 aromatic heterocycles. The number of fused-ring (bicyclic) bond motifs is 1. The summed E-state index contributed by atoms with van der Waals surface area (Å²) >= 11 is 0. The van der Waals surface area contributed by atoms with Crippen LogP contribution in [0.5, 0.6) is 17.2 Å². The molecule has 0 bridgehead atoms. The van der Waals surface area contributed by atoms with Gasteiger partial charge in [0.15, 0.2) is 18.2 Å². The monoisotopic (exact) mass is 329 g/mol. The van der Waals surface area contributed by atoms with Crippen LogP contribution >= 0.6 is 0 Å². The Bertz CT molecular complexity index is 784. The van der Waals surface area contributed by atoms with Crippen LogP contribution in [0.25, 0.3) is 0 Å². The minimum atomic E-state index is -0.386. The molecule has 24 heavy (non-hydrogen) atoms. The average Bonchev–Trinajstić information content (AvgIpc) is 2.60. The van der Waals surface area contributed by atoms with Crippen LogP contribution in [0.15, 0.2) is 30.3 Å². The van der Waals surface area contributed by atoms with Gasteiger partial charge in [0.25, 0.3) is 11.8 Å². The first-order valence-corrected chi connectivity index (χ1v) is 7.07. The van der Waals surface area contributed by atoms with Gasteiger partial charge in [0.05, 0.1) is 14.2 Å². The van der Waals surface area contributed by atoms with Gasteiger partial charge in [-0.3, -0.25) is 9.59 Å². The Hall–Kier alpha value is -3.29. The first kappa shape index (κ1) is 15.6. The van der Waals surface area contributed by atoms with E-state index >= 15 is 0 Å². The fourth-order valence-electron chi connectivity index (χ4n) is 2.16. The summed E-state index contributed by atoms with van der Waals surface area (Å²) < 4.78 is 15.5. The maximum atomic E-state index is 12.4. The number of aromatic nitrogens is 1.